The van der Waals surface area contributed by atoms with Gasteiger partial charge in [-0.25, -0.2) is 0 Å². The average molecular weight is 323 g/mol. The third kappa shape index (κ3) is 2.17. The Labute approximate surface area is 141 Å². The van der Waals surface area contributed by atoms with Gasteiger partial charge in [-0.15, -0.1) is 0 Å². The Morgan fingerprint density at radius 2 is 2.00 bits per heavy atom. The highest BCUT2D eigenvalue weighted by Crippen LogP contribution is 2.42. The summed E-state index contributed by atoms with van der Waals surface area (Å²) in [6.07, 6.45) is 0.555. The van der Waals surface area contributed by atoms with E-state index in [0.29, 0.717) is 6.42 Å². The quantitative estimate of drug-likeness (QED) is 0.721. The second-order valence-electron chi connectivity index (χ2n) is 6.70. The average Bonchev–Trinajstić information content (AvgIpc) is 3.15. The van der Waals surface area contributed by atoms with E-state index in [1.807, 2.05) is 29.2 Å². The monoisotopic (exact) mass is 323 g/mol. The molecule has 0 radical (unpaired) electrons. The Morgan fingerprint density at radius 3 is 2.71 bits per heavy atom. The Kier molecular flexibility index (Phi) is 3.48. The van der Waals surface area contributed by atoms with Gasteiger partial charge in [0, 0.05) is 35.7 Å². The van der Waals surface area contributed by atoms with E-state index >= 15 is 0 Å². The molecule has 4 heteroatoms. The molecule has 1 fully saturated rings. The molecule has 0 bridgehead atoms. The molecule has 4 nitrogen and oxygen atoms in total. The van der Waals surface area contributed by atoms with E-state index in [4.69, 9.17) is 9.15 Å². The summed E-state index contributed by atoms with van der Waals surface area (Å²) in [7, 11) is 1.65. The molecule has 1 unspecified atom stereocenters. The highest BCUT2D eigenvalue weighted by Gasteiger charge is 2.34. The highest BCUT2D eigenvalue weighted by molar-refractivity contribution is 6.09. The SMILES string of the molecule is COc1ccc(C2CC(=O)N(C(C)C)C2)c2c1oc1ccccc12. The van der Waals surface area contributed by atoms with Crippen molar-refractivity contribution in [1.29, 1.82) is 0 Å². The molecule has 124 valence electrons. The van der Waals surface area contributed by atoms with Gasteiger partial charge in [0.25, 0.3) is 0 Å². The summed E-state index contributed by atoms with van der Waals surface area (Å²) >= 11 is 0. The van der Waals surface area contributed by atoms with E-state index in [9.17, 15) is 4.79 Å². The van der Waals surface area contributed by atoms with Gasteiger partial charge in [-0.05, 0) is 31.5 Å². The predicted molar refractivity (Wildman–Crippen MR) is 94.5 cm³/mol. The van der Waals surface area contributed by atoms with Gasteiger partial charge in [0.05, 0.1) is 7.11 Å². The number of methoxy groups -OCH3 is 1. The van der Waals surface area contributed by atoms with Crippen molar-refractivity contribution in [2.24, 2.45) is 0 Å². The zero-order valence-corrected chi connectivity index (χ0v) is 14.2. The molecule has 1 atom stereocenters. The van der Waals surface area contributed by atoms with Gasteiger partial charge in [-0.3, -0.25) is 4.79 Å². The summed E-state index contributed by atoms with van der Waals surface area (Å²) in [6.45, 7) is 4.89. The lowest BCUT2D eigenvalue weighted by Gasteiger charge is -2.21. The maximum absolute atomic E-state index is 12.3. The molecule has 1 aromatic heterocycles. The highest BCUT2D eigenvalue weighted by atomic mass is 16.5. The Morgan fingerprint density at radius 1 is 1.21 bits per heavy atom. The van der Waals surface area contributed by atoms with Crippen molar-refractivity contribution >= 4 is 27.8 Å². The number of fused-ring (bicyclic) bond motifs is 3. The van der Waals surface area contributed by atoms with Crippen LogP contribution in [0.2, 0.25) is 0 Å². The van der Waals surface area contributed by atoms with E-state index in [1.54, 1.807) is 7.11 Å². The van der Waals surface area contributed by atoms with E-state index < -0.39 is 0 Å². The van der Waals surface area contributed by atoms with Crippen LogP contribution in [0.15, 0.2) is 40.8 Å². The number of ether oxygens (including phenoxy) is 1. The molecular weight excluding hydrogens is 302 g/mol. The van der Waals surface area contributed by atoms with Crippen LogP contribution in [0.3, 0.4) is 0 Å². The van der Waals surface area contributed by atoms with Gasteiger partial charge in [0.1, 0.15) is 5.58 Å². The number of nitrogens with zero attached hydrogens (tertiary/aromatic N) is 1. The molecule has 1 saturated heterocycles. The second-order valence-corrected chi connectivity index (χ2v) is 6.70. The van der Waals surface area contributed by atoms with Gasteiger partial charge in [0.15, 0.2) is 11.3 Å². The number of carbonyl (C=O) groups is 1. The van der Waals surface area contributed by atoms with Gasteiger partial charge in [-0.1, -0.05) is 24.3 Å². The van der Waals surface area contributed by atoms with Crippen LogP contribution in [0.4, 0.5) is 0 Å². The summed E-state index contributed by atoms with van der Waals surface area (Å²) in [5.41, 5.74) is 2.79. The summed E-state index contributed by atoms with van der Waals surface area (Å²) in [5, 5.41) is 2.16. The molecule has 2 heterocycles. The Bertz CT molecular complexity index is 925. The summed E-state index contributed by atoms with van der Waals surface area (Å²) in [6, 6.07) is 12.3. The van der Waals surface area contributed by atoms with Crippen LogP contribution < -0.4 is 4.74 Å². The van der Waals surface area contributed by atoms with Crippen molar-refractivity contribution in [1.82, 2.24) is 4.90 Å². The minimum atomic E-state index is 0.189. The number of hydrogen-bond donors (Lipinski definition) is 0. The topological polar surface area (TPSA) is 42.7 Å². The minimum Gasteiger partial charge on any atom is -0.493 e. The first-order valence-electron chi connectivity index (χ1n) is 8.37. The molecule has 0 N–H and O–H groups in total. The Hall–Kier alpha value is -2.49. The minimum absolute atomic E-state index is 0.189. The lowest BCUT2D eigenvalue weighted by Crippen LogP contribution is -2.31. The summed E-state index contributed by atoms with van der Waals surface area (Å²) in [4.78, 5) is 14.3. The molecule has 0 saturated carbocycles. The van der Waals surface area contributed by atoms with Crippen molar-refractivity contribution in [3.63, 3.8) is 0 Å². The van der Waals surface area contributed by atoms with E-state index in [1.165, 1.54) is 5.56 Å². The second kappa shape index (κ2) is 5.55. The van der Waals surface area contributed by atoms with Crippen molar-refractivity contribution in [3.05, 3.63) is 42.0 Å². The third-order valence-corrected chi connectivity index (χ3v) is 4.96. The number of benzene rings is 2. The van der Waals surface area contributed by atoms with E-state index in [2.05, 4.69) is 26.0 Å². The fraction of sp³-hybridized carbons (Fsp3) is 0.350. The molecule has 1 aliphatic rings. The van der Waals surface area contributed by atoms with Crippen LogP contribution in [0, 0.1) is 0 Å². The van der Waals surface area contributed by atoms with Gasteiger partial charge < -0.3 is 14.1 Å². The Balaban J connectivity index is 1.92. The van der Waals surface area contributed by atoms with Crippen molar-refractivity contribution in [3.8, 4) is 5.75 Å². The summed E-state index contributed by atoms with van der Waals surface area (Å²) < 4.78 is 11.5. The molecule has 3 aromatic rings. The van der Waals surface area contributed by atoms with Crippen LogP contribution in [0.25, 0.3) is 21.9 Å². The van der Waals surface area contributed by atoms with Crippen molar-refractivity contribution in [2.45, 2.75) is 32.2 Å². The lowest BCUT2D eigenvalue weighted by molar-refractivity contribution is -0.129. The molecule has 24 heavy (non-hydrogen) atoms. The number of carbonyl (C=O) groups excluding carboxylic acids is 1. The smallest absolute Gasteiger partial charge is 0.223 e. The lowest BCUT2D eigenvalue weighted by atomic mass is 9.93. The first-order valence-corrected chi connectivity index (χ1v) is 8.37. The molecular formula is C20H21NO3. The largest absolute Gasteiger partial charge is 0.493 e. The number of rotatable bonds is 3. The van der Waals surface area contributed by atoms with E-state index in [0.717, 1.165) is 34.2 Å². The number of para-hydroxylation sites is 1. The predicted octanol–water partition coefficient (Wildman–Crippen LogP) is 4.32. The van der Waals surface area contributed by atoms with Crippen LogP contribution in [0.1, 0.15) is 31.7 Å². The maximum Gasteiger partial charge on any atom is 0.223 e. The zero-order valence-electron chi connectivity index (χ0n) is 14.2. The number of likely N-dealkylation sites (tertiary alicyclic amines) is 1. The molecule has 4 rings (SSSR count). The van der Waals surface area contributed by atoms with Crippen LogP contribution >= 0.6 is 0 Å². The normalized spacial score (nSPS) is 18.2. The first kappa shape index (κ1) is 15.1. The van der Waals surface area contributed by atoms with Crippen molar-refractivity contribution in [2.75, 3.05) is 13.7 Å². The number of amides is 1. The standard InChI is InChI=1S/C20H21NO3/c1-12(2)21-11-13(10-18(21)22)14-8-9-17(23-3)20-19(14)15-6-4-5-7-16(15)24-20/h4-9,12-13H,10-11H2,1-3H3. The first-order chi connectivity index (χ1) is 11.6. The number of hydrogen-bond acceptors (Lipinski definition) is 3. The fourth-order valence-electron chi connectivity index (χ4n) is 3.77. The number of furan rings is 1. The van der Waals surface area contributed by atoms with Crippen LogP contribution in [-0.4, -0.2) is 30.5 Å². The van der Waals surface area contributed by atoms with Gasteiger partial charge >= 0.3 is 0 Å². The molecule has 0 aliphatic carbocycles. The van der Waals surface area contributed by atoms with E-state index in [-0.39, 0.29) is 17.9 Å². The third-order valence-electron chi connectivity index (χ3n) is 4.96. The van der Waals surface area contributed by atoms with Gasteiger partial charge in [-0.2, -0.15) is 0 Å². The summed E-state index contributed by atoms with van der Waals surface area (Å²) in [5.74, 6) is 1.15. The molecule has 2 aromatic carbocycles. The molecule has 1 aliphatic heterocycles. The van der Waals surface area contributed by atoms with Crippen LogP contribution in [0.5, 0.6) is 5.75 Å². The zero-order chi connectivity index (χ0) is 16.8. The maximum atomic E-state index is 12.3. The van der Waals surface area contributed by atoms with Crippen LogP contribution in [-0.2, 0) is 4.79 Å². The molecule has 1 amide bonds. The van der Waals surface area contributed by atoms with Gasteiger partial charge in [0.2, 0.25) is 5.91 Å². The van der Waals surface area contributed by atoms with Crippen molar-refractivity contribution < 1.29 is 13.9 Å². The fourth-order valence-corrected chi connectivity index (χ4v) is 3.77. The molecule has 0 spiro atoms.